The summed E-state index contributed by atoms with van der Waals surface area (Å²) in [5.74, 6) is 0. The van der Waals surface area contributed by atoms with Gasteiger partial charge in [0, 0.05) is 9.86 Å². The van der Waals surface area contributed by atoms with E-state index in [0.717, 1.165) is 27.4 Å². The fraction of sp³-hybridized carbons (Fsp3) is 0.118. The third kappa shape index (κ3) is 2.18. The molecule has 3 heteroatoms. The molecule has 0 fully saturated rings. The van der Waals surface area contributed by atoms with Gasteiger partial charge in [0.1, 0.15) is 5.58 Å². The number of hydrogen-bond acceptors (Lipinski definition) is 2. The molecule has 1 aromatic heterocycles. The monoisotopic (exact) mass is 328 g/mol. The van der Waals surface area contributed by atoms with Crippen LogP contribution in [0.1, 0.15) is 12.5 Å². The summed E-state index contributed by atoms with van der Waals surface area (Å²) < 4.78 is 6.45. The lowest BCUT2D eigenvalue weighted by Crippen LogP contribution is -2.07. The zero-order valence-electron chi connectivity index (χ0n) is 11.0. The Labute approximate surface area is 125 Å². The number of halogens is 1. The topological polar surface area (TPSA) is 30.2 Å². The van der Waals surface area contributed by atoms with E-state index in [4.69, 9.17) is 4.42 Å². The van der Waals surface area contributed by atoms with E-state index in [1.807, 2.05) is 48.5 Å². The zero-order valence-corrected chi connectivity index (χ0v) is 12.6. The molecule has 100 valence electrons. The highest BCUT2D eigenvalue weighted by atomic mass is 79.9. The van der Waals surface area contributed by atoms with Crippen molar-refractivity contribution in [3.63, 3.8) is 0 Å². The summed E-state index contributed by atoms with van der Waals surface area (Å²) >= 11 is 3.48. The quantitative estimate of drug-likeness (QED) is 0.633. The van der Waals surface area contributed by atoms with Crippen LogP contribution in [0.15, 0.2) is 62.2 Å². The van der Waals surface area contributed by atoms with Gasteiger partial charge in [0.15, 0.2) is 0 Å². The summed E-state index contributed by atoms with van der Waals surface area (Å²) in [4.78, 5) is 12.3. The molecular formula is C17H13BrO2. The molecule has 0 amide bonds. The predicted octanol–water partition coefficient (Wildman–Crippen LogP) is 4.78. The van der Waals surface area contributed by atoms with Gasteiger partial charge in [-0.25, -0.2) is 4.79 Å². The predicted molar refractivity (Wildman–Crippen MR) is 85.0 cm³/mol. The fourth-order valence-corrected chi connectivity index (χ4v) is 2.86. The maximum absolute atomic E-state index is 12.3. The van der Waals surface area contributed by atoms with Crippen LogP contribution in [0, 0.1) is 0 Å². The van der Waals surface area contributed by atoms with E-state index in [1.54, 1.807) is 0 Å². The zero-order chi connectivity index (χ0) is 14.1. The summed E-state index contributed by atoms with van der Waals surface area (Å²) in [6.07, 6.45) is 0.781. The Kier molecular flexibility index (Phi) is 3.45. The molecule has 0 saturated carbocycles. The molecule has 0 atom stereocenters. The van der Waals surface area contributed by atoms with Gasteiger partial charge in [0.05, 0.1) is 5.56 Å². The van der Waals surface area contributed by atoms with Crippen molar-refractivity contribution < 1.29 is 4.42 Å². The van der Waals surface area contributed by atoms with Crippen LogP contribution in [-0.2, 0) is 6.42 Å². The highest BCUT2D eigenvalue weighted by Crippen LogP contribution is 2.29. The number of benzene rings is 2. The van der Waals surface area contributed by atoms with Crippen LogP contribution in [0.3, 0.4) is 0 Å². The van der Waals surface area contributed by atoms with Gasteiger partial charge in [-0.3, -0.25) is 0 Å². The molecule has 0 bridgehead atoms. The molecule has 0 aliphatic carbocycles. The minimum Gasteiger partial charge on any atom is -0.422 e. The fourth-order valence-electron chi connectivity index (χ4n) is 2.50. The minimum atomic E-state index is -0.275. The van der Waals surface area contributed by atoms with Gasteiger partial charge in [0.2, 0.25) is 0 Å². The molecule has 1 heterocycles. The van der Waals surface area contributed by atoms with Crippen LogP contribution in [0.4, 0.5) is 0 Å². The summed E-state index contributed by atoms with van der Waals surface area (Å²) in [6.45, 7) is 2.06. The molecular weight excluding hydrogens is 316 g/mol. The minimum absolute atomic E-state index is 0.275. The van der Waals surface area contributed by atoms with Gasteiger partial charge in [-0.15, -0.1) is 0 Å². The third-order valence-electron chi connectivity index (χ3n) is 3.39. The van der Waals surface area contributed by atoms with E-state index in [0.29, 0.717) is 11.1 Å². The first kappa shape index (κ1) is 13.1. The van der Waals surface area contributed by atoms with Gasteiger partial charge in [-0.05, 0) is 35.7 Å². The highest BCUT2D eigenvalue weighted by Gasteiger charge is 2.14. The van der Waals surface area contributed by atoms with Crippen molar-refractivity contribution in [2.45, 2.75) is 13.3 Å². The Morgan fingerprint density at radius 1 is 1.10 bits per heavy atom. The third-order valence-corrected chi connectivity index (χ3v) is 3.88. The Hall–Kier alpha value is -1.87. The van der Waals surface area contributed by atoms with E-state index in [-0.39, 0.29) is 5.63 Å². The largest absolute Gasteiger partial charge is 0.422 e. The van der Waals surface area contributed by atoms with Crippen molar-refractivity contribution in [3.05, 3.63) is 69.0 Å². The summed E-state index contributed by atoms with van der Waals surface area (Å²) in [5.41, 5.74) is 2.96. The Bertz CT molecular complexity index is 820. The number of fused-ring (bicyclic) bond motifs is 1. The molecule has 0 aliphatic rings. The lowest BCUT2D eigenvalue weighted by molar-refractivity contribution is 0.561. The van der Waals surface area contributed by atoms with Crippen molar-refractivity contribution in [1.29, 1.82) is 0 Å². The molecule has 0 unspecified atom stereocenters. The maximum Gasteiger partial charge on any atom is 0.344 e. The second-order valence-corrected chi connectivity index (χ2v) is 5.52. The molecule has 0 aliphatic heterocycles. The van der Waals surface area contributed by atoms with Crippen molar-refractivity contribution in [2.24, 2.45) is 0 Å². The van der Waals surface area contributed by atoms with E-state index < -0.39 is 0 Å². The normalized spacial score (nSPS) is 10.9. The van der Waals surface area contributed by atoms with Gasteiger partial charge < -0.3 is 4.42 Å². The van der Waals surface area contributed by atoms with Crippen LogP contribution in [0.2, 0.25) is 0 Å². The molecule has 20 heavy (non-hydrogen) atoms. The Balaban J connectivity index is 2.43. The maximum atomic E-state index is 12.3. The van der Waals surface area contributed by atoms with Gasteiger partial charge in [-0.2, -0.15) is 0 Å². The molecule has 0 spiro atoms. The van der Waals surface area contributed by atoms with Crippen molar-refractivity contribution in [3.8, 4) is 11.1 Å². The van der Waals surface area contributed by atoms with Crippen molar-refractivity contribution in [1.82, 2.24) is 0 Å². The number of aryl methyl sites for hydroxylation is 1. The molecule has 0 radical (unpaired) electrons. The van der Waals surface area contributed by atoms with Crippen LogP contribution in [0.25, 0.3) is 22.1 Å². The lowest BCUT2D eigenvalue weighted by Gasteiger charge is -2.10. The summed E-state index contributed by atoms with van der Waals surface area (Å²) in [5, 5.41) is 0.986. The van der Waals surface area contributed by atoms with Crippen LogP contribution in [-0.4, -0.2) is 0 Å². The van der Waals surface area contributed by atoms with E-state index >= 15 is 0 Å². The average molecular weight is 329 g/mol. The van der Waals surface area contributed by atoms with E-state index in [9.17, 15) is 4.79 Å². The average Bonchev–Trinajstić information content (AvgIpc) is 2.47. The van der Waals surface area contributed by atoms with E-state index in [2.05, 4.69) is 22.9 Å². The van der Waals surface area contributed by atoms with Crippen LogP contribution < -0.4 is 5.63 Å². The number of rotatable bonds is 2. The lowest BCUT2D eigenvalue weighted by atomic mass is 9.97. The highest BCUT2D eigenvalue weighted by molar-refractivity contribution is 9.10. The van der Waals surface area contributed by atoms with E-state index in [1.165, 1.54) is 0 Å². The molecule has 0 N–H and O–H groups in total. The van der Waals surface area contributed by atoms with Crippen molar-refractivity contribution in [2.75, 3.05) is 0 Å². The molecule has 0 saturated heterocycles. The van der Waals surface area contributed by atoms with Gasteiger partial charge >= 0.3 is 5.63 Å². The second kappa shape index (κ2) is 5.25. The Morgan fingerprint density at radius 2 is 1.85 bits per heavy atom. The standard InChI is InChI=1S/C17H13BrO2/c1-2-13-14-10-12(18)8-9-15(14)20-17(19)16(13)11-6-4-3-5-7-11/h3-10H,2H2,1H3. The first-order valence-corrected chi connectivity index (χ1v) is 7.30. The molecule has 2 aromatic carbocycles. The molecule has 2 nitrogen and oxygen atoms in total. The number of hydrogen-bond donors (Lipinski definition) is 0. The van der Waals surface area contributed by atoms with Gasteiger partial charge in [0.25, 0.3) is 0 Å². The SMILES string of the molecule is CCc1c(-c2ccccc2)c(=O)oc2ccc(Br)cc12. The van der Waals surface area contributed by atoms with Crippen LogP contribution in [0.5, 0.6) is 0 Å². The van der Waals surface area contributed by atoms with Gasteiger partial charge in [-0.1, -0.05) is 53.2 Å². The van der Waals surface area contributed by atoms with Crippen molar-refractivity contribution >= 4 is 26.9 Å². The molecule has 3 aromatic rings. The van der Waals surface area contributed by atoms with Crippen LogP contribution >= 0.6 is 15.9 Å². The first-order chi connectivity index (χ1) is 9.70. The molecule has 3 rings (SSSR count). The first-order valence-electron chi connectivity index (χ1n) is 6.51. The smallest absolute Gasteiger partial charge is 0.344 e. The second-order valence-electron chi connectivity index (χ2n) is 4.60. The summed E-state index contributed by atoms with van der Waals surface area (Å²) in [7, 11) is 0. The Morgan fingerprint density at radius 3 is 2.55 bits per heavy atom. The summed E-state index contributed by atoms with van der Waals surface area (Å²) in [6, 6.07) is 15.4.